The Morgan fingerprint density at radius 3 is 2.04 bits per heavy atom. The third-order valence-electron chi connectivity index (χ3n) is 4.25. The van der Waals surface area contributed by atoms with E-state index in [4.69, 9.17) is 23.4 Å². The van der Waals surface area contributed by atoms with Crippen molar-refractivity contribution in [2.24, 2.45) is 0 Å². The number of hydrogen-bond donors (Lipinski definition) is 0. The Morgan fingerprint density at radius 1 is 0.846 bits per heavy atom. The Balaban J connectivity index is 2.31. The van der Waals surface area contributed by atoms with Crippen LogP contribution in [0.3, 0.4) is 0 Å². The molecule has 1 aromatic heterocycles. The molecule has 6 nitrogen and oxygen atoms in total. The number of ether oxygens (including phenoxy) is 4. The summed E-state index contributed by atoms with van der Waals surface area (Å²) in [5.41, 5.74) is 1.50. The lowest BCUT2D eigenvalue weighted by atomic mass is 10.0. The molecule has 6 heteroatoms. The van der Waals surface area contributed by atoms with Crippen molar-refractivity contribution in [3.8, 4) is 34.3 Å². The van der Waals surface area contributed by atoms with Crippen molar-refractivity contribution in [2.75, 3.05) is 28.4 Å². The molecule has 0 aliphatic carbocycles. The molecule has 0 bridgehead atoms. The lowest BCUT2D eigenvalue weighted by Crippen LogP contribution is -2.07. The molecule has 3 rings (SSSR count). The topological polar surface area (TPSA) is 67.1 Å². The molecule has 0 spiro atoms. The van der Waals surface area contributed by atoms with Crippen LogP contribution in [0.5, 0.6) is 23.0 Å². The van der Waals surface area contributed by atoms with E-state index in [2.05, 4.69) is 0 Å². The number of methoxy groups -OCH3 is 4. The largest absolute Gasteiger partial charge is 0.497 e. The number of rotatable bonds is 5. The zero-order chi connectivity index (χ0) is 18.8. The van der Waals surface area contributed by atoms with E-state index in [1.54, 1.807) is 44.4 Å². The van der Waals surface area contributed by atoms with Gasteiger partial charge in [-0.1, -0.05) is 0 Å². The zero-order valence-electron chi connectivity index (χ0n) is 15.3. The van der Waals surface area contributed by atoms with Crippen LogP contribution in [0.4, 0.5) is 0 Å². The Hall–Kier alpha value is -3.15. The lowest BCUT2D eigenvalue weighted by molar-refractivity contribution is 0.324. The van der Waals surface area contributed by atoms with Gasteiger partial charge in [-0.15, -0.1) is 0 Å². The van der Waals surface area contributed by atoms with Crippen LogP contribution in [0.2, 0.25) is 0 Å². The summed E-state index contributed by atoms with van der Waals surface area (Å²) in [5, 5.41) is 0.500. The van der Waals surface area contributed by atoms with Crippen LogP contribution in [0.25, 0.3) is 22.3 Å². The Kier molecular flexibility index (Phi) is 4.75. The van der Waals surface area contributed by atoms with Crippen LogP contribution < -0.4 is 24.4 Å². The first kappa shape index (κ1) is 17.7. The minimum atomic E-state index is -0.0994. The van der Waals surface area contributed by atoms with Crippen LogP contribution in [0, 0.1) is 6.92 Å². The molecule has 1 heterocycles. The van der Waals surface area contributed by atoms with Gasteiger partial charge in [0.05, 0.1) is 33.8 Å². The van der Waals surface area contributed by atoms with Gasteiger partial charge in [0, 0.05) is 17.2 Å². The smallest absolute Gasteiger partial charge is 0.203 e. The second-order valence-electron chi connectivity index (χ2n) is 5.66. The summed E-state index contributed by atoms with van der Waals surface area (Å²) in [5.74, 6) is 2.49. The highest BCUT2D eigenvalue weighted by Crippen LogP contribution is 2.42. The fourth-order valence-corrected chi connectivity index (χ4v) is 2.88. The first-order valence-corrected chi connectivity index (χ1v) is 7.95. The standard InChI is InChI=1S/C20H20O6/c1-11-18(21)14-7-6-13(22-2)10-15(14)26-19(11)12-8-16(23-3)20(25-5)17(9-12)24-4/h6-10H,1-5H3. The Bertz CT molecular complexity index is 994. The van der Waals surface area contributed by atoms with Gasteiger partial charge in [-0.05, 0) is 31.2 Å². The van der Waals surface area contributed by atoms with Gasteiger partial charge in [0.2, 0.25) is 5.75 Å². The Labute approximate surface area is 150 Å². The quantitative estimate of drug-likeness (QED) is 0.693. The third kappa shape index (κ3) is 2.83. The molecule has 0 amide bonds. The molecule has 26 heavy (non-hydrogen) atoms. The van der Waals surface area contributed by atoms with E-state index in [0.29, 0.717) is 50.9 Å². The van der Waals surface area contributed by atoms with Crippen molar-refractivity contribution in [1.82, 2.24) is 0 Å². The minimum Gasteiger partial charge on any atom is -0.497 e. The van der Waals surface area contributed by atoms with Crippen LogP contribution >= 0.6 is 0 Å². The third-order valence-corrected chi connectivity index (χ3v) is 4.25. The first-order valence-electron chi connectivity index (χ1n) is 7.95. The average molecular weight is 356 g/mol. The normalized spacial score (nSPS) is 10.7. The van der Waals surface area contributed by atoms with E-state index in [-0.39, 0.29) is 5.43 Å². The summed E-state index contributed by atoms with van der Waals surface area (Å²) in [7, 11) is 6.17. The van der Waals surface area contributed by atoms with Gasteiger partial charge in [-0.3, -0.25) is 4.79 Å². The predicted octanol–water partition coefficient (Wildman–Crippen LogP) is 3.80. The SMILES string of the molecule is COc1ccc2c(=O)c(C)c(-c3cc(OC)c(OC)c(OC)c3)oc2c1. The fourth-order valence-electron chi connectivity index (χ4n) is 2.88. The maximum atomic E-state index is 12.8. The van der Waals surface area contributed by atoms with Crippen LogP contribution in [-0.2, 0) is 0 Å². The highest BCUT2D eigenvalue weighted by atomic mass is 16.5. The van der Waals surface area contributed by atoms with Gasteiger partial charge >= 0.3 is 0 Å². The van der Waals surface area contributed by atoms with Gasteiger partial charge in [-0.25, -0.2) is 0 Å². The molecule has 0 saturated carbocycles. The van der Waals surface area contributed by atoms with Crippen molar-refractivity contribution in [3.63, 3.8) is 0 Å². The van der Waals surface area contributed by atoms with E-state index in [1.807, 2.05) is 0 Å². The molecule has 0 saturated heterocycles. The fraction of sp³-hybridized carbons (Fsp3) is 0.250. The maximum Gasteiger partial charge on any atom is 0.203 e. The van der Waals surface area contributed by atoms with Crippen molar-refractivity contribution in [1.29, 1.82) is 0 Å². The highest BCUT2D eigenvalue weighted by Gasteiger charge is 2.19. The molecule has 2 aromatic carbocycles. The van der Waals surface area contributed by atoms with Crippen molar-refractivity contribution >= 4 is 11.0 Å². The van der Waals surface area contributed by atoms with E-state index in [9.17, 15) is 4.79 Å². The molecule has 0 fully saturated rings. The molecule has 0 unspecified atom stereocenters. The number of benzene rings is 2. The monoisotopic (exact) mass is 356 g/mol. The van der Waals surface area contributed by atoms with E-state index >= 15 is 0 Å². The van der Waals surface area contributed by atoms with Crippen LogP contribution in [0.15, 0.2) is 39.5 Å². The second kappa shape index (κ2) is 7.00. The van der Waals surface area contributed by atoms with Crippen molar-refractivity contribution in [3.05, 3.63) is 46.1 Å². The van der Waals surface area contributed by atoms with Gasteiger partial charge in [0.25, 0.3) is 0 Å². The highest BCUT2D eigenvalue weighted by molar-refractivity contribution is 5.82. The molecule has 136 valence electrons. The lowest BCUT2D eigenvalue weighted by Gasteiger charge is -2.15. The average Bonchev–Trinajstić information content (AvgIpc) is 2.68. The minimum absolute atomic E-state index is 0.0994. The summed E-state index contributed by atoms with van der Waals surface area (Å²) in [6.07, 6.45) is 0. The van der Waals surface area contributed by atoms with Gasteiger partial charge < -0.3 is 23.4 Å². The summed E-state index contributed by atoms with van der Waals surface area (Å²) in [4.78, 5) is 12.8. The molecule has 0 radical (unpaired) electrons. The van der Waals surface area contributed by atoms with Crippen molar-refractivity contribution < 1.29 is 23.4 Å². The molecule has 0 aliphatic heterocycles. The molecule has 0 atom stereocenters. The second-order valence-corrected chi connectivity index (χ2v) is 5.66. The van der Waals surface area contributed by atoms with E-state index in [1.165, 1.54) is 21.3 Å². The molecule has 0 aliphatic rings. The maximum absolute atomic E-state index is 12.8. The van der Waals surface area contributed by atoms with E-state index < -0.39 is 0 Å². The van der Waals surface area contributed by atoms with Crippen molar-refractivity contribution in [2.45, 2.75) is 6.92 Å². The predicted molar refractivity (Wildman–Crippen MR) is 98.9 cm³/mol. The van der Waals surface area contributed by atoms with Crippen LogP contribution in [-0.4, -0.2) is 28.4 Å². The first-order chi connectivity index (χ1) is 12.5. The molecular weight excluding hydrogens is 336 g/mol. The summed E-state index contributed by atoms with van der Waals surface area (Å²) in [6.45, 7) is 1.73. The van der Waals surface area contributed by atoms with Gasteiger partial charge in [0.1, 0.15) is 17.1 Å². The Morgan fingerprint density at radius 2 is 1.50 bits per heavy atom. The van der Waals surface area contributed by atoms with Gasteiger partial charge in [0.15, 0.2) is 16.9 Å². The summed E-state index contributed by atoms with van der Waals surface area (Å²) in [6, 6.07) is 8.62. The zero-order valence-corrected chi connectivity index (χ0v) is 15.3. The number of hydrogen-bond acceptors (Lipinski definition) is 6. The van der Waals surface area contributed by atoms with Crippen LogP contribution in [0.1, 0.15) is 5.56 Å². The number of fused-ring (bicyclic) bond motifs is 1. The molecule has 3 aromatic rings. The molecular formula is C20H20O6. The molecule has 0 N–H and O–H groups in total. The summed E-state index contributed by atoms with van der Waals surface area (Å²) >= 11 is 0. The van der Waals surface area contributed by atoms with E-state index in [0.717, 1.165) is 0 Å². The van der Waals surface area contributed by atoms with Gasteiger partial charge in [-0.2, -0.15) is 0 Å². The summed E-state index contributed by atoms with van der Waals surface area (Å²) < 4.78 is 27.4.